The molecule has 1 aliphatic heterocycles. The molecule has 1 rings (SSSR count). The largest absolute Gasteiger partial charge is 0.468 e. The summed E-state index contributed by atoms with van der Waals surface area (Å²) in [5.41, 5.74) is 0. The number of urea groups is 1. The SMILES string of the molecule is CCCCNC(=O)NC(=O)CN1CCCCC1C(=O)OC. The number of nitrogens with zero attached hydrogens (tertiary/aromatic N) is 1. The van der Waals surface area contributed by atoms with Crippen LogP contribution in [0.15, 0.2) is 0 Å². The van der Waals surface area contributed by atoms with Gasteiger partial charge in [-0.15, -0.1) is 0 Å². The number of carbonyl (C=O) groups is 3. The number of nitrogens with one attached hydrogen (secondary N) is 2. The summed E-state index contributed by atoms with van der Waals surface area (Å²) in [6.45, 7) is 3.25. The first-order valence-electron chi connectivity index (χ1n) is 7.48. The molecule has 1 saturated heterocycles. The number of carbonyl (C=O) groups excluding carboxylic acids is 3. The molecule has 0 radical (unpaired) electrons. The quantitative estimate of drug-likeness (QED) is 0.555. The molecule has 0 aromatic heterocycles. The second-order valence-electron chi connectivity index (χ2n) is 5.16. The smallest absolute Gasteiger partial charge is 0.323 e. The Morgan fingerprint density at radius 3 is 2.71 bits per heavy atom. The first kappa shape index (κ1) is 17.4. The summed E-state index contributed by atoms with van der Waals surface area (Å²) in [4.78, 5) is 36.8. The second kappa shape index (κ2) is 9.33. The number of esters is 1. The first-order valence-corrected chi connectivity index (χ1v) is 7.48. The highest BCUT2D eigenvalue weighted by Crippen LogP contribution is 2.17. The molecule has 1 unspecified atom stereocenters. The minimum atomic E-state index is -0.486. The fourth-order valence-electron chi connectivity index (χ4n) is 2.36. The minimum absolute atomic E-state index is 0.0287. The fourth-order valence-corrected chi connectivity index (χ4v) is 2.36. The summed E-state index contributed by atoms with van der Waals surface area (Å²) in [5.74, 6) is -0.727. The van der Waals surface area contributed by atoms with E-state index in [4.69, 9.17) is 4.74 Å². The second-order valence-corrected chi connectivity index (χ2v) is 5.16. The van der Waals surface area contributed by atoms with Crippen molar-refractivity contribution in [2.75, 3.05) is 26.7 Å². The van der Waals surface area contributed by atoms with Crippen molar-refractivity contribution >= 4 is 17.9 Å². The van der Waals surface area contributed by atoms with Crippen LogP contribution in [-0.2, 0) is 14.3 Å². The number of amides is 3. The van der Waals surface area contributed by atoms with Crippen molar-refractivity contribution in [2.45, 2.75) is 45.1 Å². The van der Waals surface area contributed by atoms with Crippen LogP contribution in [-0.4, -0.2) is 55.6 Å². The summed E-state index contributed by atoms with van der Waals surface area (Å²) in [7, 11) is 1.34. The molecule has 0 bridgehead atoms. The zero-order valence-corrected chi connectivity index (χ0v) is 12.8. The van der Waals surface area contributed by atoms with Crippen molar-refractivity contribution in [2.24, 2.45) is 0 Å². The summed E-state index contributed by atoms with van der Waals surface area (Å²) in [5, 5.41) is 4.90. The van der Waals surface area contributed by atoms with E-state index < -0.39 is 18.0 Å². The maximum absolute atomic E-state index is 11.8. The zero-order valence-electron chi connectivity index (χ0n) is 12.8. The van der Waals surface area contributed by atoms with Crippen LogP contribution in [0.4, 0.5) is 4.79 Å². The van der Waals surface area contributed by atoms with Gasteiger partial charge in [-0.25, -0.2) is 4.79 Å². The molecule has 120 valence electrons. The predicted octanol–water partition coefficient (Wildman–Crippen LogP) is 0.640. The molecule has 0 spiro atoms. The number of methoxy groups -OCH3 is 1. The van der Waals surface area contributed by atoms with Gasteiger partial charge in [0, 0.05) is 6.54 Å². The van der Waals surface area contributed by atoms with Gasteiger partial charge in [-0.3, -0.25) is 19.8 Å². The Hall–Kier alpha value is -1.63. The van der Waals surface area contributed by atoms with E-state index in [0.717, 1.165) is 25.7 Å². The molecule has 1 heterocycles. The van der Waals surface area contributed by atoms with Crippen molar-refractivity contribution in [3.63, 3.8) is 0 Å². The average molecular weight is 299 g/mol. The van der Waals surface area contributed by atoms with Crippen LogP contribution in [0.3, 0.4) is 0 Å². The lowest BCUT2D eigenvalue weighted by Gasteiger charge is -2.32. The van der Waals surface area contributed by atoms with Gasteiger partial charge in [-0.1, -0.05) is 19.8 Å². The van der Waals surface area contributed by atoms with Crippen LogP contribution in [0, 0.1) is 0 Å². The van der Waals surface area contributed by atoms with Crippen molar-refractivity contribution in [1.82, 2.24) is 15.5 Å². The van der Waals surface area contributed by atoms with Crippen molar-refractivity contribution in [3.8, 4) is 0 Å². The van der Waals surface area contributed by atoms with Crippen molar-refractivity contribution in [3.05, 3.63) is 0 Å². The van der Waals surface area contributed by atoms with Gasteiger partial charge in [-0.2, -0.15) is 0 Å². The van der Waals surface area contributed by atoms with Gasteiger partial charge in [0.25, 0.3) is 0 Å². The maximum Gasteiger partial charge on any atom is 0.323 e. The molecule has 0 aromatic rings. The van der Waals surface area contributed by atoms with Crippen LogP contribution in [0.25, 0.3) is 0 Å². The standard InChI is InChI=1S/C14H25N3O4/c1-3-4-8-15-14(20)16-12(18)10-17-9-6-5-7-11(17)13(19)21-2/h11H,3-10H2,1-2H3,(H2,15,16,18,20). The van der Waals surface area contributed by atoms with E-state index in [-0.39, 0.29) is 12.5 Å². The van der Waals surface area contributed by atoms with Crippen LogP contribution in [0.5, 0.6) is 0 Å². The number of likely N-dealkylation sites (tertiary alicyclic amines) is 1. The lowest BCUT2D eigenvalue weighted by atomic mass is 10.0. The Balaban J connectivity index is 2.40. The van der Waals surface area contributed by atoms with E-state index in [1.807, 2.05) is 6.92 Å². The number of hydrogen-bond donors (Lipinski definition) is 2. The summed E-state index contributed by atoms with van der Waals surface area (Å²) >= 11 is 0. The highest BCUT2D eigenvalue weighted by atomic mass is 16.5. The molecular formula is C14H25N3O4. The number of hydrogen-bond acceptors (Lipinski definition) is 5. The van der Waals surface area contributed by atoms with Crippen molar-refractivity contribution in [1.29, 1.82) is 0 Å². The number of piperidine rings is 1. The average Bonchev–Trinajstić information content (AvgIpc) is 2.47. The van der Waals surface area contributed by atoms with E-state index in [1.54, 1.807) is 4.90 Å². The van der Waals surface area contributed by atoms with E-state index in [9.17, 15) is 14.4 Å². The third-order valence-electron chi connectivity index (χ3n) is 3.50. The lowest BCUT2D eigenvalue weighted by Crippen LogP contribution is -2.51. The van der Waals surface area contributed by atoms with Gasteiger partial charge in [0.05, 0.1) is 13.7 Å². The third kappa shape index (κ3) is 6.12. The summed E-state index contributed by atoms with van der Waals surface area (Å²) in [6.07, 6.45) is 4.41. The normalized spacial score (nSPS) is 18.9. The van der Waals surface area contributed by atoms with Gasteiger partial charge >= 0.3 is 12.0 Å². The number of imide groups is 1. The summed E-state index contributed by atoms with van der Waals surface area (Å²) in [6, 6.07) is -0.877. The van der Waals surface area contributed by atoms with Gasteiger partial charge in [0.2, 0.25) is 5.91 Å². The molecule has 0 aromatic carbocycles. The molecular weight excluding hydrogens is 274 g/mol. The fraction of sp³-hybridized carbons (Fsp3) is 0.786. The first-order chi connectivity index (χ1) is 10.1. The molecule has 0 aliphatic carbocycles. The predicted molar refractivity (Wildman–Crippen MR) is 77.7 cm³/mol. The molecule has 3 amide bonds. The molecule has 1 atom stereocenters. The van der Waals surface area contributed by atoms with Gasteiger partial charge in [-0.05, 0) is 25.8 Å². The summed E-state index contributed by atoms with van der Waals surface area (Å²) < 4.78 is 4.76. The maximum atomic E-state index is 11.8. The Kier molecular flexibility index (Phi) is 7.74. The molecule has 21 heavy (non-hydrogen) atoms. The Morgan fingerprint density at radius 2 is 2.05 bits per heavy atom. The zero-order chi connectivity index (χ0) is 15.7. The molecule has 0 saturated carbocycles. The lowest BCUT2D eigenvalue weighted by molar-refractivity contribution is -0.148. The number of ether oxygens (including phenoxy) is 1. The number of unbranched alkanes of at least 4 members (excludes halogenated alkanes) is 1. The van der Waals surface area contributed by atoms with Gasteiger partial charge < -0.3 is 10.1 Å². The monoisotopic (exact) mass is 299 g/mol. The number of rotatable bonds is 6. The third-order valence-corrected chi connectivity index (χ3v) is 3.50. The molecule has 7 nitrogen and oxygen atoms in total. The topological polar surface area (TPSA) is 87.7 Å². The van der Waals surface area contributed by atoms with Gasteiger partial charge in [0.15, 0.2) is 0 Å². The van der Waals surface area contributed by atoms with E-state index >= 15 is 0 Å². The highest BCUT2D eigenvalue weighted by Gasteiger charge is 2.30. The van der Waals surface area contributed by atoms with Crippen molar-refractivity contribution < 1.29 is 19.1 Å². The van der Waals surface area contributed by atoms with Crippen LogP contribution < -0.4 is 10.6 Å². The van der Waals surface area contributed by atoms with E-state index in [1.165, 1.54) is 7.11 Å². The van der Waals surface area contributed by atoms with Gasteiger partial charge in [0.1, 0.15) is 6.04 Å². The Bertz CT molecular complexity index is 373. The van der Waals surface area contributed by atoms with Crippen LogP contribution in [0.2, 0.25) is 0 Å². The molecule has 7 heteroatoms. The van der Waals surface area contributed by atoms with E-state index in [0.29, 0.717) is 19.5 Å². The molecule has 1 fully saturated rings. The van der Waals surface area contributed by atoms with Crippen LogP contribution >= 0.6 is 0 Å². The molecule has 2 N–H and O–H groups in total. The Morgan fingerprint density at radius 1 is 1.29 bits per heavy atom. The van der Waals surface area contributed by atoms with E-state index in [2.05, 4.69) is 10.6 Å². The van der Waals surface area contributed by atoms with Crippen LogP contribution in [0.1, 0.15) is 39.0 Å². The highest BCUT2D eigenvalue weighted by molar-refractivity contribution is 5.95. The molecule has 1 aliphatic rings. The minimum Gasteiger partial charge on any atom is -0.468 e. The Labute approximate surface area is 125 Å².